The van der Waals surface area contributed by atoms with Gasteiger partial charge in [-0.25, -0.2) is 0 Å². The van der Waals surface area contributed by atoms with Crippen molar-refractivity contribution in [1.82, 2.24) is 10.2 Å². The van der Waals surface area contributed by atoms with E-state index >= 15 is 0 Å². The van der Waals surface area contributed by atoms with E-state index in [1.54, 1.807) is 0 Å². The van der Waals surface area contributed by atoms with Gasteiger partial charge in [-0.1, -0.05) is 24.3 Å². The van der Waals surface area contributed by atoms with Gasteiger partial charge < -0.3 is 10.1 Å². The molecule has 0 radical (unpaired) electrons. The Morgan fingerprint density at radius 1 is 1.33 bits per heavy atom. The Hall–Kier alpha value is -1.39. The number of carbonyl (C=O) groups excluding carboxylic acids is 1. The van der Waals surface area contributed by atoms with Crippen molar-refractivity contribution >= 4 is 5.97 Å². The second-order valence-corrected chi connectivity index (χ2v) is 6.18. The molecule has 3 rings (SSSR count). The van der Waals surface area contributed by atoms with E-state index in [-0.39, 0.29) is 5.97 Å². The van der Waals surface area contributed by atoms with Crippen molar-refractivity contribution in [2.75, 3.05) is 26.7 Å². The average Bonchev–Trinajstić information content (AvgIpc) is 2.91. The number of likely N-dealkylation sites (tertiary alicyclic amines) is 1. The third kappa shape index (κ3) is 3.44. The highest BCUT2D eigenvalue weighted by Crippen LogP contribution is 2.26. The molecule has 4 heteroatoms. The van der Waals surface area contributed by atoms with Crippen LogP contribution in [0.15, 0.2) is 24.3 Å². The number of benzene rings is 1. The van der Waals surface area contributed by atoms with Crippen LogP contribution in [-0.4, -0.2) is 43.7 Å². The number of piperidine rings is 1. The van der Waals surface area contributed by atoms with Crippen LogP contribution >= 0.6 is 0 Å². The Morgan fingerprint density at radius 3 is 2.90 bits per heavy atom. The van der Waals surface area contributed by atoms with E-state index < -0.39 is 0 Å². The largest absolute Gasteiger partial charge is 0.469 e. The summed E-state index contributed by atoms with van der Waals surface area (Å²) in [7, 11) is 1.45. The number of methoxy groups -OCH3 is 1. The van der Waals surface area contributed by atoms with Crippen molar-refractivity contribution < 1.29 is 9.53 Å². The van der Waals surface area contributed by atoms with Crippen LogP contribution in [0.2, 0.25) is 0 Å². The summed E-state index contributed by atoms with van der Waals surface area (Å²) < 4.78 is 4.79. The van der Waals surface area contributed by atoms with E-state index in [4.69, 9.17) is 4.74 Å². The summed E-state index contributed by atoms with van der Waals surface area (Å²) in [5.41, 5.74) is 2.34. The molecule has 2 heterocycles. The molecule has 2 aliphatic rings. The molecule has 0 bridgehead atoms. The Balaban J connectivity index is 1.66. The number of nitrogens with zero attached hydrogens (tertiary/aromatic N) is 1. The first-order valence-electron chi connectivity index (χ1n) is 7.85. The molecule has 0 aliphatic carbocycles. The number of ether oxygens (including phenoxy) is 1. The zero-order valence-corrected chi connectivity index (χ0v) is 12.7. The summed E-state index contributed by atoms with van der Waals surface area (Å²) >= 11 is 0. The van der Waals surface area contributed by atoms with E-state index in [0.717, 1.165) is 31.1 Å². The fourth-order valence-electron chi connectivity index (χ4n) is 3.62. The second kappa shape index (κ2) is 6.58. The molecule has 0 saturated carbocycles. The van der Waals surface area contributed by atoms with E-state index in [1.807, 2.05) is 12.1 Å². The summed E-state index contributed by atoms with van der Waals surface area (Å²) in [6.07, 6.45) is 3.01. The van der Waals surface area contributed by atoms with E-state index in [2.05, 4.69) is 22.3 Å². The standard InChI is InChI=1S/C17H24N2O2/c1-21-17(20)9-13-5-2-3-6-14(13)10-19-11-15-7-4-8-18-16(15)12-19/h2-3,5-6,15-16,18H,4,7-12H2,1H3/t15-,16+/m0/s1. The van der Waals surface area contributed by atoms with Crippen LogP contribution in [0.5, 0.6) is 0 Å². The molecule has 0 spiro atoms. The van der Waals surface area contributed by atoms with Crippen LogP contribution in [-0.2, 0) is 22.5 Å². The summed E-state index contributed by atoms with van der Waals surface area (Å²) in [5.74, 6) is 0.630. The molecule has 0 amide bonds. The molecule has 0 aromatic heterocycles. The maximum absolute atomic E-state index is 11.5. The van der Waals surface area contributed by atoms with Gasteiger partial charge in [0.25, 0.3) is 0 Å². The number of esters is 1. The lowest BCUT2D eigenvalue weighted by Crippen LogP contribution is -2.40. The zero-order chi connectivity index (χ0) is 14.7. The molecule has 1 N–H and O–H groups in total. The lowest BCUT2D eigenvalue weighted by molar-refractivity contribution is -0.139. The third-order valence-electron chi connectivity index (χ3n) is 4.75. The Morgan fingerprint density at radius 2 is 2.14 bits per heavy atom. The van der Waals surface area contributed by atoms with Crippen molar-refractivity contribution in [2.24, 2.45) is 5.92 Å². The number of fused-ring (bicyclic) bond motifs is 1. The lowest BCUT2D eigenvalue weighted by atomic mass is 9.94. The van der Waals surface area contributed by atoms with Crippen molar-refractivity contribution in [3.05, 3.63) is 35.4 Å². The Bertz CT molecular complexity index is 489. The van der Waals surface area contributed by atoms with Gasteiger partial charge in [0, 0.05) is 25.7 Å². The first-order valence-corrected chi connectivity index (χ1v) is 7.85. The topological polar surface area (TPSA) is 41.6 Å². The number of rotatable bonds is 4. The third-order valence-corrected chi connectivity index (χ3v) is 4.75. The Kier molecular flexibility index (Phi) is 4.56. The summed E-state index contributed by atoms with van der Waals surface area (Å²) in [4.78, 5) is 14.0. The minimum absolute atomic E-state index is 0.167. The minimum Gasteiger partial charge on any atom is -0.469 e. The monoisotopic (exact) mass is 288 g/mol. The van der Waals surface area contributed by atoms with Gasteiger partial charge in [-0.3, -0.25) is 9.69 Å². The lowest BCUT2D eigenvalue weighted by Gasteiger charge is -2.24. The fraction of sp³-hybridized carbons (Fsp3) is 0.588. The number of hydrogen-bond acceptors (Lipinski definition) is 4. The first kappa shape index (κ1) is 14.5. The van der Waals surface area contributed by atoms with Crippen LogP contribution < -0.4 is 5.32 Å². The summed E-state index contributed by atoms with van der Waals surface area (Å²) in [6.45, 7) is 4.39. The first-order chi connectivity index (χ1) is 10.3. The molecule has 1 aromatic rings. The maximum Gasteiger partial charge on any atom is 0.309 e. The highest BCUT2D eigenvalue weighted by Gasteiger charge is 2.34. The highest BCUT2D eigenvalue weighted by molar-refractivity contribution is 5.72. The molecular weight excluding hydrogens is 264 g/mol. The second-order valence-electron chi connectivity index (χ2n) is 6.18. The molecule has 1 aromatic carbocycles. The SMILES string of the molecule is COC(=O)Cc1ccccc1CN1C[C@@H]2CCCN[C@@H]2C1. The molecule has 2 saturated heterocycles. The summed E-state index contributed by atoms with van der Waals surface area (Å²) in [5, 5.41) is 3.64. The molecule has 2 aliphatic heterocycles. The fourth-order valence-corrected chi connectivity index (χ4v) is 3.62. The van der Waals surface area contributed by atoms with Gasteiger partial charge in [0.15, 0.2) is 0 Å². The van der Waals surface area contributed by atoms with Gasteiger partial charge in [0.2, 0.25) is 0 Å². The van der Waals surface area contributed by atoms with E-state index in [1.165, 1.54) is 32.1 Å². The highest BCUT2D eigenvalue weighted by atomic mass is 16.5. The molecule has 2 atom stereocenters. The summed E-state index contributed by atoms with van der Waals surface area (Å²) in [6, 6.07) is 8.87. The predicted molar refractivity (Wildman–Crippen MR) is 82.0 cm³/mol. The van der Waals surface area contributed by atoms with Crippen molar-refractivity contribution in [2.45, 2.75) is 31.8 Å². The van der Waals surface area contributed by atoms with Gasteiger partial charge in [0.1, 0.15) is 0 Å². The molecule has 4 nitrogen and oxygen atoms in total. The molecule has 21 heavy (non-hydrogen) atoms. The number of hydrogen-bond donors (Lipinski definition) is 1. The molecular formula is C17H24N2O2. The van der Waals surface area contributed by atoms with Gasteiger partial charge in [-0.15, -0.1) is 0 Å². The normalized spacial score (nSPS) is 25.6. The minimum atomic E-state index is -0.167. The molecule has 2 fully saturated rings. The molecule has 0 unspecified atom stereocenters. The van der Waals surface area contributed by atoms with Crippen molar-refractivity contribution in [1.29, 1.82) is 0 Å². The average molecular weight is 288 g/mol. The predicted octanol–water partition coefficient (Wildman–Crippen LogP) is 1.59. The maximum atomic E-state index is 11.5. The van der Waals surface area contributed by atoms with Crippen LogP contribution in [0.25, 0.3) is 0 Å². The van der Waals surface area contributed by atoms with Crippen LogP contribution in [0.4, 0.5) is 0 Å². The van der Waals surface area contributed by atoms with Crippen LogP contribution in [0.3, 0.4) is 0 Å². The number of nitrogens with one attached hydrogen (secondary N) is 1. The zero-order valence-electron chi connectivity index (χ0n) is 12.7. The van der Waals surface area contributed by atoms with E-state index in [9.17, 15) is 4.79 Å². The number of carbonyl (C=O) groups is 1. The van der Waals surface area contributed by atoms with Crippen LogP contribution in [0, 0.1) is 5.92 Å². The van der Waals surface area contributed by atoms with Crippen molar-refractivity contribution in [3.63, 3.8) is 0 Å². The van der Waals surface area contributed by atoms with E-state index in [0.29, 0.717) is 12.5 Å². The van der Waals surface area contributed by atoms with Gasteiger partial charge in [0.05, 0.1) is 13.5 Å². The quantitative estimate of drug-likeness (QED) is 0.854. The van der Waals surface area contributed by atoms with Gasteiger partial charge in [-0.2, -0.15) is 0 Å². The molecule has 114 valence electrons. The van der Waals surface area contributed by atoms with Crippen LogP contribution in [0.1, 0.15) is 24.0 Å². The smallest absolute Gasteiger partial charge is 0.309 e. The van der Waals surface area contributed by atoms with Gasteiger partial charge >= 0.3 is 5.97 Å². The van der Waals surface area contributed by atoms with Gasteiger partial charge in [-0.05, 0) is 36.4 Å². The Labute approximate surface area is 126 Å². The van der Waals surface area contributed by atoms with Crippen molar-refractivity contribution in [3.8, 4) is 0 Å².